The number of thioether (sulfide) groups is 1. The Balaban J connectivity index is 2.85. The first-order chi connectivity index (χ1) is 15.0. The second-order valence-electron chi connectivity index (χ2n) is 7.03. The molecule has 1 rings (SSSR count). The lowest BCUT2D eigenvalue weighted by atomic mass is 10.1. The summed E-state index contributed by atoms with van der Waals surface area (Å²) in [7, 11) is 0. The summed E-state index contributed by atoms with van der Waals surface area (Å²) in [6.45, 7) is 1.37. The van der Waals surface area contributed by atoms with Crippen LogP contribution in [-0.4, -0.2) is 80.8 Å². The minimum absolute atomic E-state index is 0.00823. The highest BCUT2D eigenvalue weighted by Gasteiger charge is 2.29. The van der Waals surface area contributed by atoms with Gasteiger partial charge >= 0.3 is 5.97 Å². The maximum absolute atomic E-state index is 12.8. The summed E-state index contributed by atoms with van der Waals surface area (Å²) in [4.78, 5) is 66.4. The lowest BCUT2D eigenvalue weighted by molar-refractivity contribution is -0.142. The third-order valence-electron chi connectivity index (χ3n) is 4.35. The highest BCUT2D eigenvalue weighted by Crippen LogP contribution is 2.04. The standard InChI is InChI=1S/C18H29N7O6S/c1-9(23-16(28)11(19)6-14(20)26)15(27)25-13(5-10-7-21-8-22-10)17(29)24-12(18(30)31)3-4-32-2/h7-9,11-13H,3-6,19H2,1-2H3,(H2,20,26)(H,21,22)(H,23,28)(H,24,29)(H,25,27)(H,30,31)/t9-,11-,12-,13-/m0/s1. The predicted octanol–water partition coefficient (Wildman–Crippen LogP) is -2.53. The number of rotatable bonds is 14. The average molecular weight is 472 g/mol. The molecule has 0 bridgehead atoms. The number of imidazole rings is 1. The van der Waals surface area contributed by atoms with Gasteiger partial charge in [0.05, 0.1) is 18.8 Å². The van der Waals surface area contributed by atoms with Crippen LogP contribution in [0.2, 0.25) is 0 Å². The Hall–Kier alpha value is -3.13. The van der Waals surface area contributed by atoms with Crippen LogP contribution in [0.4, 0.5) is 0 Å². The van der Waals surface area contributed by atoms with E-state index in [-0.39, 0.29) is 12.8 Å². The number of aromatic nitrogens is 2. The fraction of sp³-hybridized carbons (Fsp3) is 0.556. The molecule has 178 valence electrons. The average Bonchev–Trinajstić information content (AvgIpc) is 3.22. The smallest absolute Gasteiger partial charge is 0.326 e. The van der Waals surface area contributed by atoms with Crippen LogP contribution in [0, 0.1) is 0 Å². The van der Waals surface area contributed by atoms with E-state index in [4.69, 9.17) is 11.5 Å². The van der Waals surface area contributed by atoms with Crippen molar-refractivity contribution >= 4 is 41.4 Å². The van der Waals surface area contributed by atoms with Crippen LogP contribution < -0.4 is 27.4 Å². The highest BCUT2D eigenvalue weighted by molar-refractivity contribution is 7.98. The largest absolute Gasteiger partial charge is 0.480 e. The van der Waals surface area contributed by atoms with Gasteiger partial charge in [0.2, 0.25) is 23.6 Å². The summed E-state index contributed by atoms with van der Waals surface area (Å²) in [5, 5.41) is 16.6. The van der Waals surface area contributed by atoms with Crippen LogP contribution in [0.1, 0.15) is 25.5 Å². The first-order valence-electron chi connectivity index (χ1n) is 9.69. The van der Waals surface area contributed by atoms with Gasteiger partial charge in [0, 0.05) is 18.3 Å². The van der Waals surface area contributed by atoms with Crippen LogP contribution in [0.5, 0.6) is 0 Å². The molecule has 0 fully saturated rings. The molecule has 0 spiro atoms. The Kier molecular flexibility index (Phi) is 11.2. The number of amides is 4. The summed E-state index contributed by atoms with van der Waals surface area (Å²) in [5.74, 6) is -3.61. The molecule has 1 heterocycles. The number of carbonyl (C=O) groups is 5. The SMILES string of the molecule is CSCC[C@H](NC(=O)[C@H](Cc1cnc[nH]1)NC(=O)[C@H](C)NC(=O)[C@@H](N)CC(N)=O)C(=O)O. The maximum Gasteiger partial charge on any atom is 0.326 e. The van der Waals surface area contributed by atoms with Gasteiger partial charge in [0.1, 0.15) is 18.1 Å². The summed E-state index contributed by atoms with van der Waals surface area (Å²) >= 11 is 1.44. The minimum Gasteiger partial charge on any atom is -0.480 e. The van der Waals surface area contributed by atoms with E-state index in [0.717, 1.165) is 0 Å². The van der Waals surface area contributed by atoms with Crippen molar-refractivity contribution in [3.8, 4) is 0 Å². The molecule has 32 heavy (non-hydrogen) atoms. The zero-order valence-corrected chi connectivity index (χ0v) is 18.6. The molecule has 0 radical (unpaired) electrons. The van der Waals surface area contributed by atoms with Crippen LogP contribution in [0.15, 0.2) is 12.5 Å². The molecule has 0 aromatic carbocycles. The Bertz CT molecular complexity index is 804. The molecule has 0 saturated heterocycles. The number of H-pyrrole nitrogens is 1. The number of primary amides is 1. The molecule has 0 aliphatic heterocycles. The van der Waals surface area contributed by atoms with E-state index in [1.807, 2.05) is 6.26 Å². The van der Waals surface area contributed by atoms with E-state index in [1.54, 1.807) is 0 Å². The van der Waals surface area contributed by atoms with Gasteiger partial charge in [-0.1, -0.05) is 0 Å². The molecule has 0 unspecified atom stereocenters. The van der Waals surface area contributed by atoms with Crippen molar-refractivity contribution < 1.29 is 29.1 Å². The number of hydrogen-bond donors (Lipinski definition) is 7. The minimum atomic E-state index is -1.22. The maximum atomic E-state index is 12.8. The lowest BCUT2D eigenvalue weighted by Crippen LogP contribution is -2.57. The number of nitrogens with one attached hydrogen (secondary N) is 4. The number of hydrogen-bond acceptors (Lipinski definition) is 8. The van der Waals surface area contributed by atoms with E-state index >= 15 is 0 Å². The van der Waals surface area contributed by atoms with Gasteiger partial charge in [-0.2, -0.15) is 11.8 Å². The molecular formula is C18H29N7O6S. The topological polar surface area (TPSA) is 222 Å². The van der Waals surface area contributed by atoms with Crippen LogP contribution in [0.25, 0.3) is 0 Å². The van der Waals surface area contributed by atoms with Crippen molar-refractivity contribution in [1.29, 1.82) is 0 Å². The van der Waals surface area contributed by atoms with Crippen molar-refractivity contribution in [2.45, 2.75) is 50.4 Å². The second-order valence-corrected chi connectivity index (χ2v) is 8.02. The van der Waals surface area contributed by atoms with Gasteiger partial charge < -0.3 is 37.5 Å². The quantitative estimate of drug-likeness (QED) is 0.152. The predicted molar refractivity (Wildman–Crippen MR) is 116 cm³/mol. The van der Waals surface area contributed by atoms with Crippen LogP contribution in [0.3, 0.4) is 0 Å². The molecular weight excluding hydrogens is 442 g/mol. The summed E-state index contributed by atoms with van der Waals surface area (Å²) in [6, 6.07) is -4.58. The Morgan fingerprint density at radius 2 is 1.78 bits per heavy atom. The van der Waals surface area contributed by atoms with Gasteiger partial charge in [0.25, 0.3) is 0 Å². The molecule has 0 saturated carbocycles. The van der Waals surface area contributed by atoms with Crippen molar-refractivity contribution in [3.63, 3.8) is 0 Å². The molecule has 0 aliphatic rings. The fourth-order valence-electron chi connectivity index (χ4n) is 2.58. The molecule has 4 amide bonds. The normalized spacial score (nSPS) is 14.5. The number of nitrogens with two attached hydrogens (primary N) is 2. The van der Waals surface area contributed by atoms with Gasteiger partial charge in [0.15, 0.2) is 0 Å². The van der Waals surface area contributed by atoms with Crippen molar-refractivity contribution in [2.75, 3.05) is 12.0 Å². The third-order valence-corrected chi connectivity index (χ3v) is 4.99. The Morgan fingerprint density at radius 3 is 2.31 bits per heavy atom. The first-order valence-corrected chi connectivity index (χ1v) is 11.1. The van der Waals surface area contributed by atoms with Gasteiger partial charge in [-0.25, -0.2) is 9.78 Å². The molecule has 9 N–H and O–H groups in total. The van der Waals surface area contributed by atoms with Crippen LogP contribution in [-0.2, 0) is 30.4 Å². The number of nitrogens with zero attached hydrogens (tertiary/aromatic N) is 1. The third kappa shape index (κ3) is 9.34. The zero-order valence-electron chi connectivity index (χ0n) is 17.8. The highest BCUT2D eigenvalue weighted by atomic mass is 32.2. The number of carboxylic acid groups (broad SMARTS) is 1. The number of aromatic amines is 1. The Morgan fingerprint density at radius 1 is 1.12 bits per heavy atom. The molecule has 13 nitrogen and oxygen atoms in total. The molecule has 4 atom stereocenters. The van der Waals surface area contributed by atoms with Gasteiger partial charge in [-0.3, -0.25) is 19.2 Å². The van der Waals surface area contributed by atoms with E-state index in [2.05, 4.69) is 25.9 Å². The number of carbonyl (C=O) groups excluding carboxylic acids is 4. The Labute approximate surface area is 188 Å². The lowest BCUT2D eigenvalue weighted by Gasteiger charge is -2.23. The molecule has 0 aliphatic carbocycles. The van der Waals surface area contributed by atoms with Crippen LogP contribution >= 0.6 is 11.8 Å². The zero-order chi connectivity index (χ0) is 24.3. The molecule has 1 aromatic heterocycles. The summed E-state index contributed by atoms with van der Waals surface area (Å²) in [5.41, 5.74) is 11.1. The molecule has 1 aromatic rings. The van der Waals surface area contributed by atoms with Crippen molar-refractivity contribution in [3.05, 3.63) is 18.2 Å². The van der Waals surface area contributed by atoms with Gasteiger partial charge in [-0.15, -0.1) is 0 Å². The number of aliphatic carboxylic acids is 1. The monoisotopic (exact) mass is 471 g/mol. The summed E-state index contributed by atoms with van der Waals surface area (Å²) < 4.78 is 0. The second kappa shape index (κ2) is 13.3. The van der Waals surface area contributed by atoms with E-state index in [9.17, 15) is 29.1 Å². The van der Waals surface area contributed by atoms with E-state index < -0.39 is 60.2 Å². The molecule has 14 heteroatoms. The van der Waals surface area contributed by atoms with Crippen molar-refractivity contribution in [1.82, 2.24) is 25.9 Å². The summed E-state index contributed by atoms with van der Waals surface area (Å²) in [6.07, 6.45) is 4.49. The number of carboxylic acids is 1. The first kappa shape index (κ1) is 26.9. The van der Waals surface area contributed by atoms with Gasteiger partial charge in [-0.05, 0) is 25.4 Å². The van der Waals surface area contributed by atoms with E-state index in [0.29, 0.717) is 11.4 Å². The van der Waals surface area contributed by atoms with E-state index in [1.165, 1.54) is 31.2 Å². The fourth-order valence-corrected chi connectivity index (χ4v) is 3.05. The van der Waals surface area contributed by atoms with Crippen molar-refractivity contribution in [2.24, 2.45) is 11.5 Å².